The van der Waals surface area contributed by atoms with Gasteiger partial charge in [-0.15, -0.1) is 11.8 Å². The van der Waals surface area contributed by atoms with Crippen LogP contribution in [0.25, 0.3) is 0 Å². The number of thioether (sulfide) groups is 1. The van der Waals surface area contributed by atoms with E-state index in [0.29, 0.717) is 50.7 Å². The molecule has 0 saturated carbocycles. The van der Waals surface area contributed by atoms with Gasteiger partial charge in [0.25, 0.3) is 0 Å². The van der Waals surface area contributed by atoms with E-state index in [4.69, 9.17) is 4.74 Å². The predicted octanol–water partition coefficient (Wildman–Crippen LogP) is 0.394. The Hall–Kier alpha value is -1.28. The second kappa shape index (κ2) is 7.95. The van der Waals surface area contributed by atoms with Gasteiger partial charge in [0.2, 0.25) is 17.7 Å². The SMILES string of the molecule is CC1CN(C(=O)C2CCN(C(=O)CN3CSCC3=O)CC2)CC(C)O1. The summed E-state index contributed by atoms with van der Waals surface area (Å²) in [6, 6.07) is 0. The van der Waals surface area contributed by atoms with Gasteiger partial charge in [0.15, 0.2) is 0 Å². The lowest BCUT2D eigenvalue weighted by atomic mass is 9.94. The first kappa shape index (κ1) is 18.5. The molecular formula is C17H27N3O4S. The molecule has 3 fully saturated rings. The summed E-state index contributed by atoms with van der Waals surface area (Å²) in [6.45, 7) is 6.65. The van der Waals surface area contributed by atoms with E-state index in [1.165, 1.54) is 0 Å². The molecular weight excluding hydrogens is 342 g/mol. The molecule has 7 nitrogen and oxygen atoms in total. The number of piperidine rings is 1. The first-order valence-corrected chi connectivity index (χ1v) is 10.2. The second-order valence-corrected chi connectivity index (χ2v) is 8.18. The van der Waals surface area contributed by atoms with E-state index in [-0.39, 0.29) is 42.4 Å². The summed E-state index contributed by atoms with van der Waals surface area (Å²) in [4.78, 5) is 42.1. The number of carbonyl (C=O) groups excluding carboxylic acids is 3. The third-order valence-corrected chi connectivity index (χ3v) is 6.02. The summed E-state index contributed by atoms with van der Waals surface area (Å²) < 4.78 is 5.69. The van der Waals surface area contributed by atoms with Crippen molar-refractivity contribution in [2.75, 3.05) is 44.4 Å². The molecule has 3 amide bonds. The second-order valence-electron chi connectivity index (χ2n) is 7.22. The highest BCUT2D eigenvalue weighted by Crippen LogP contribution is 2.23. The third-order valence-electron chi connectivity index (χ3n) is 5.08. The maximum Gasteiger partial charge on any atom is 0.242 e. The molecule has 0 radical (unpaired) electrons. The zero-order valence-corrected chi connectivity index (χ0v) is 15.8. The molecule has 0 aliphatic carbocycles. The minimum atomic E-state index is -0.00877. The van der Waals surface area contributed by atoms with Gasteiger partial charge in [-0.25, -0.2) is 0 Å². The quantitative estimate of drug-likeness (QED) is 0.720. The first-order chi connectivity index (χ1) is 11.9. The Kier molecular flexibility index (Phi) is 5.89. The largest absolute Gasteiger partial charge is 0.372 e. The lowest BCUT2D eigenvalue weighted by Gasteiger charge is -2.39. The van der Waals surface area contributed by atoms with Gasteiger partial charge >= 0.3 is 0 Å². The molecule has 3 aliphatic rings. The van der Waals surface area contributed by atoms with E-state index in [1.807, 2.05) is 18.7 Å². The zero-order valence-electron chi connectivity index (χ0n) is 15.0. The number of likely N-dealkylation sites (tertiary alicyclic amines) is 1. The Morgan fingerprint density at radius 2 is 1.76 bits per heavy atom. The van der Waals surface area contributed by atoms with Crippen LogP contribution in [0.3, 0.4) is 0 Å². The van der Waals surface area contributed by atoms with Gasteiger partial charge in [0.05, 0.1) is 23.8 Å². The third kappa shape index (κ3) is 4.47. The van der Waals surface area contributed by atoms with Crippen LogP contribution in [0.4, 0.5) is 0 Å². The fourth-order valence-electron chi connectivity index (χ4n) is 3.80. The van der Waals surface area contributed by atoms with Gasteiger partial charge in [-0.1, -0.05) is 0 Å². The zero-order chi connectivity index (χ0) is 18.0. The van der Waals surface area contributed by atoms with E-state index in [1.54, 1.807) is 21.6 Å². The molecule has 8 heteroatoms. The van der Waals surface area contributed by atoms with Crippen LogP contribution in [-0.4, -0.2) is 89.0 Å². The van der Waals surface area contributed by atoms with Gasteiger partial charge in [-0.2, -0.15) is 0 Å². The van der Waals surface area contributed by atoms with Crippen LogP contribution in [0.2, 0.25) is 0 Å². The Morgan fingerprint density at radius 1 is 1.12 bits per heavy atom. The molecule has 3 rings (SSSR count). The molecule has 0 aromatic heterocycles. The van der Waals surface area contributed by atoms with Crippen LogP contribution in [0.15, 0.2) is 0 Å². The van der Waals surface area contributed by atoms with Gasteiger partial charge in [-0.05, 0) is 26.7 Å². The molecule has 3 saturated heterocycles. The van der Waals surface area contributed by atoms with Crippen LogP contribution in [0.1, 0.15) is 26.7 Å². The molecule has 140 valence electrons. The van der Waals surface area contributed by atoms with Gasteiger partial charge in [-0.3, -0.25) is 14.4 Å². The van der Waals surface area contributed by atoms with E-state index < -0.39 is 0 Å². The number of rotatable bonds is 3. The van der Waals surface area contributed by atoms with E-state index in [0.717, 1.165) is 0 Å². The Morgan fingerprint density at radius 3 is 2.32 bits per heavy atom. The molecule has 0 aromatic carbocycles. The number of carbonyl (C=O) groups is 3. The summed E-state index contributed by atoms with van der Waals surface area (Å²) in [6.07, 6.45) is 1.55. The average molecular weight is 369 g/mol. The molecule has 25 heavy (non-hydrogen) atoms. The van der Waals surface area contributed by atoms with Crippen molar-refractivity contribution in [1.82, 2.24) is 14.7 Å². The maximum absolute atomic E-state index is 12.8. The molecule has 2 unspecified atom stereocenters. The molecule has 0 spiro atoms. The average Bonchev–Trinajstić information content (AvgIpc) is 2.98. The van der Waals surface area contributed by atoms with Crippen molar-refractivity contribution < 1.29 is 19.1 Å². The van der Waals surface area contributed by atoms with Crippen molar-refractivity contribution in [3.05, 3.63) is 0 Å². The smallest absolute Gasteiger partial charge is 0.242 e. The lowest BCUT2D eigenvalue weighted by molar-refractivity contribution is -0.150. The van der Waals surface area contributed by atoms with Crippen LogP contribution >= 0.6 is 11.8 Å². The number of hydrogen-bond acceptors (Lipinski definition) is 5. The molecule has 0 bridgehead atoms. The molecule has 3 heterocycles. The summed E-state index contributed by atoms with van der Waals surface area (Å²) in [5.74, 6) is 1.30. The summed E-state index contributed by atoms with van der Waals surface area (Å²) in [5.41, 5.74) is 0. The first-order valence-electron chi connectivity index (χ1n) is 9.01. The van der Waals surface area contributed by atoms with Crippen molar-refractivity contribution >= 4 is 29.5 Å². The van der Waals surface area contributed by atoms with Crippen molar-refractivity contribution in [3.8, 4) is 0 Å². The predicted molar refractivity (Wildman–Crippen MR) is 94.9 cm³/mol. The highest BCUT2D eigenvalue weighted by molar-refractivity contribution is 8.00. The highest BCUT2D eigenvalue weighted by atomic mass is 32.2. The number of amides is 3. The van der Waals surface area contributed by atoms with Crippen LogP contribution < -0.4 is 0 Å². The van der Waals surface area contributed by atoms with Crippen molar-refractivity contribution in [2.45, 2.75) is 38.9 Å². The highest BCUT2D eigenvalue weighted by Gasteiger charge is 2.34. The van der Waals surface area contributed by atoms with E-state index >= 15 is 0 Å². The number of hydrogen-bond donors (Lipinski definition) is 0. The van der Waals surface area contributed by atoms with Crippen LogP contribution in [-0.2, 0) is 19.1 Å². The monoisotopic (exact) mass is 369 g/mol. The minimum Gasteiger partial charge on any atom is -0.372 e. The summed E-state index contributed by atoms with van der Waals surface area (Å²) >= 11 is 1.54. The van der Waals surface area contributed by atoms with E-state index in [9.17, 15) is 14.4 Å². The molecule has 2 atom stereocenters. The number of nitrogens with zero attached hydrogens (tertiary/aromatic N) is 3. The van der Waals surface area contributed by atoms with Crippen LogP contribution in [0.5, 0.6) is 0 Å². The maximum atomic E-state index is 12.8. The standard InChI is InChI=1S/C17H27N3O4S/c1-12-7-19(8-13(2)24-12)17(23)14-3-5-18(6-4-14)15(21)9-20-11-25-10-16(20)22/h12-14H,3-11H2,1-2H3. The number of morpholine rings is 1. The Labute approximate surface area is 153 Å². The van der Waals surface area contributed by atoms with Crippen LogP contribution in [0, 0.1) is 5.92 Å². The normalized spacial score (nSPS) is 28.6. The van der Waals surface area contributed by atoms with Gasteiger partial charge in [0, 0.05) is 32.1 Å². The summed E-state index contributed by atoms with van der Waals surface area (Å²) in [5, 5.41) is 0. The summed E-state index contributed by atoms with van der Waals surface area (Å²) in [7, 11) is 0. The van der Waals surface area contributed by atoms with Gasteiger partial charge < -0.3 is 19.4 Å². The van der Waals surface area contributed by atoms with Crippen molar-refractivity contribution in [1.29, 1.82) is 0 Å². The molecule has 3 aliphatic heterocycles. The Balaban J connectivity index is 1.47. The molecule has 0 aromatic rings. The fraction of sp³-hybridized carbons (Fsp3) is 0.824. The van der Waals surface area contributed by atoms with Crippen molar-refractivity contribution in [3.63, 3.8) is 0 Å². The minimum absolute atomic E-state index is 0.00429. The molecule has 0 N–H and O–H groups in total. The fourth-order valence-corrected chi connectivity index (χ4v) is 4.70. The Bertz CT molecular complexity index is 526. The van der Waals surface area contributed by atoms with E-state index in [2.05, 4.69) is 0 Å². The van der Waals surface area contributed by atoms with Gasteiger partial charge in [0.1, 0.15) is 6.54 Å². The topological polar surface area (TPSA) is 70.2 Å². The lowest BCUT2D eigenvalue weighted by Crippen LogP contribution is -2.52. The van der Waals surface area contributed by atoms with Crippen molar-refractivity contribution in [2.24, 2.45) is 5.92 Å². The number of ether oxygens (including phenoxy) is 1.